The number of hydrogen-bond acceptors (Lipinski definition) is 4. The van der Waals surface area contributed by atoms with Crippen molar-refractivity contribution in [3.05, 3.63) is 45.6 Å². The van der Waals surface area contributed by atoms with Crippen LogP contribution in [0.2, 0.25) is 10.0 Å². The molecule has 1 rings (SSSR count). The van der Waals surface area contributed by atoms with Gasteiger partial charge in [0.2, 0.25) is 0 Å². The summed E-state index contributed by atoms with van der Waals surface area (Å²) < 4.78 is 9.83. The predicted molar refractivity (Wildman–Crippen MR) is 84.8 cm³/mol. The standard InChI is InChI=1S/C15H17Cl2NO4/c1-3-11(8-14(19)21-4-2)18-15(20)22-9-10-5-6-12(16)13(17)7-10/h5-8H,3-4,9H2,1-2H3,(H,18,20). The molecule has 0 heterocycles. The van der Waals surface area contributed by atoms with Crippen LogP contribution >= 0.6 is 23.2 Å². The van der Waals surface area contributed by atoms with E-state index in [1.54, 1.807) is 32.0 Å². The maximum atomic E-state index is 11.7. The van der Waals surface area contributed by atoms with Gasteiger partial charge in [-0.15, -0.1) is 0 Å². The quantitative estimate of drug-likeness (QED) is 0.623. The van der Waals surface area contributed by atoms with Crippen molar-refractivity contribution >= 4 is 35.3 Å². The van der Waals surface area contributed by atoms with E-state index in [0.29, 0.717) is 27.7 Å². The first kappa shape index (κ1) is 18.3. The Morgan fingerprint density at radius 2 is 1.91 bits per heavy atom. The van der Waals surface area contributed by atoms with Crippen LogP contribution in [0.1, 0.15) is 25.8 Å². The van der Waals surface area contributed by atoms with Crippen molar-refractivity contribution in [3.63, 3.8) is 0 Å². The molecule has 1 aromatic carbocycles. The highest BCUT2D eigenvalue weighted by molar-refractivity contribution is 6.42. The fourth-order valence-corrected chi connectivity index (χ4v) is 1.82. The van der Waals surface area contributed by atoms with E-state index in [9.17, 15) is 9.59 Å². The molecule has 0 aromatic heterocycles. The zero-order chi connectivity index (χ0) is 16.5. The van der Waals surface area contributed by atoms with Crippen molar-refractivity contribution < 1.29 is 19.1 Å². The molecule has 0 radical (unpaired) electrons. The largest absolute Gasteiger partial charge is 0.463 e. The summed E-state index contributed by atoms with van der Waals surface area (Å²) in [4.78, 5) is 23.0. The molecule has 1 amide bonds. The van der Waals surface area contributed by atoms with Gasteiger partial charge >= 0.3 is 12.1 Å². The molecular formula is C15H17Cl2NO4. The summed E-state index contributed by atoms with van der Waals surface area (Å²) in [6.07, 6.45) is 1.02. The Kier molecular flexibility index (Phi) is 7.77. The molecule has 1 aromatic rings. The summed E-state index contributed by atoms with van der Waals surface area (Å²) in [5.74, 6) is -0.510. The van der Waals surface area contributed by atoms with Gasteiger partial charge in [-0.25, -0.2) is 9.59 Å². The molecule has 1 N–H and O–H groups in total. The number of esters is 1. The first-order chi connectivity index (χ1) is 10.5. The van der Waals surface area contributed by atoms with Gasteiger partial charge in [0.15, 0.2) is 0 Å². The maximum Gasteiger partial charge on any atom is 0.411 e. The lowest BCUT2D eigenvalue weighted by molar-refractivity contribution is -0.137. The highest BCUT2D eigenvalue weighted by atomic mass is 35.5. The first-order valence-corrected chi connectivity index (χ1v) is 7.46. The Bertz CT molecular complexity index is 573. The number of amides is 1. The van der Waals surface area contributed by atoms with E-state index in [1.165, 1.54) is 6.08 Å². The molecule has 0 unspecified atom stereocenters. The highest BCUT2D eigenvalue weighted by Gasteiger charge is 2.08. The number of hydrogen-bond donors (Lipinski definition) is 1. The van der Waals surface area contributed by atoms with Crippen molar-refractivity contribution in [2.75, 3.05) is 6.61 Å². The normalized spacial score (nSPS) is 11.0. The Hall–Kier alpha value is -1.72. The number of alkyl carbamates (subject to hydrolysis) is 1. The van der Waals surface area contributed by atoms with E-state index in [1.807, 2.05) is 0 Å². The molecule has 22 heavy (non-hydrogen) atoms. The molecule has 120 valence electrons. The predicted octanol–water partition coefficient (Wildman–Crippen LogP) is 4.08. The number of carbonyl (C=O) groups excluding carboxylic acids is 2. The smallest absolute Gasteiger partial charge is 0.411 e. The summed E-state index contributed by atoms with van der Waals surface area (Å²) >= 11 is 11.7. The fourth-order valence-electron chi connectivity index (χ4n) is 1.50. The van der Waals surface area contributed by atoms with Crippen LogP contribution in [0.4, 0.5) is 4.79 Å². The summed E-state index contributed by atoms with van der Waals surface area (Å²) in [5, 5.41) is 3.31. The van der Waals surface area contributed by atoms with E-state index >= 15 is 0 Å². The first-order valence-electron chi connectivity index (χ1n) is 6.71. The van der Waals surface area contributed by atoms with Gasteiger partial charge in [0.1, 0.15) is 6.61 Å². The second kappa shape index (κ2) is 9.33. The van der Waals surface area contributed by atoms with Gasteiger partial charge in [-0.3, -0.25) is 5.32 Å². The lowest BCUT2D eigenvalue weighted by Gasteiger charge is -2.09. The van der Waals surface area contributed by atoms with Gasteiger partial charge in [-0.2, -0.15) is 0 Å². The molecule has 7 heteroatoms. The summed E-state index contributed by atoms with van der Waals surface area (Å²) in [6.45, 7) is 3.81. The average molecular weight is 346 g/mol. The molecule has 0 aliphatic heterocycles. The van der Waals surface area contributed by atoms with Gasteiger partial charge in [-0.1, -0.05) is 36.2 Å². The summed E-state index contributed by atoms with van der Waals surface area (Å²) in [6, 6.07) is 4.95. The molecule has 0 saturated carbocycles. The number of allylic oxidation sites excluding steroid dienone is 1. The third-order valence-electron chi connectivity index (χ3n) is 2.58. The SMILES string of the molecule is CCOC(=O)C=C(CC)NC(=O)OCc1ccc(Cl)c(Cl)c1. The second-order valence-corrected chi connectivity index (χ2v) is 5.04. The summed E-state index contributed by atoms with van der Waals surface area (Å²) in [5.41, 5.74) is 1.12. The third-order valence-corrected chi connectivity index (χ3v) is 3.32. The number of nitrogens with one attached hydrogen (secondary N) is 1. The van der Waals surface area contributed by atoms with Crippen molar-refractivity contribution in [1.82, 2.24) is 5.32 Å². The number of benzene rings is 1. The topological polar surface area (TPSA) is 64.6 Å². The lowest BCUT2D eigenvalue weighted by atomic mass is 10.2. The summed E-state index contributed by atoms with van der Waals surface area (Å²) in [7, 11) is 0. The Morgan fingerprint density at radius 1 is 1.18 bits per heavy atom. The van der Waals surface area contributed by atoms with Crippen LogP contribution in [0, 0.1) is 0 Å². The second-order valence-electron chi connectivity index (χ2n) is 4.22. The third kappa shape index (κ3) is 6.37. The van der Waals surface area contributed by atoms with E-state index in [-0.39, 0.29) is 13.2 Å². The van der Waals surface area contributed by atoms with Crippen molar-refractivity contribution in [1.29, 1.82) is 0 Å². The van der Waals surface area contributed by atoms with Crippen LogP contribution < -0.4 is 5.32 Å². The van der Waals surface area contributed by atoms with Crippen LogP contribution in [0.25, 0.3) is 0 Å². The lowest BCUT2D eigenvalue weighted by Crippen LogP contribution is -2.24. The highest BCUT2D eigenvalue weighted by Crippen LogP contribution is 2.22. The Morgan fingerprint density at radius 3 is 2.50 bits per heavy atom. The molecule has 0 fully saturated rings. The molecule has 0 aliphatic carbocycles. The van der Waals surface area contributed by atoms with Crippen LogP contribution in [-0.4, -0.2) is 18.7 Å². The zero-order valence-electron chi connectivity index (χ0n) is 12.3. The van der Waals surface area contributed by atoms with Gasteiger partial charge in [-0.05, 0) is 31.0 Å². The van der Waals surface area contributed by atoms with Crippen molar-refractivity contribution in [2.24, 2.45) is 0 Å². The van der Waals surface area contributed by atoms with Crippen LogP contribution in [0.15, 0.2) is 30.0 Å². The molecule has 0 bridgehead atoms. The zero-order valence-corrected chi connectivity index (χ0v) is 13.8. The minimum Gasteiger partial charge on any atom is -0.463 e. The van der Waals surface area contributed by atoms with Crippen LogP contribution in [0.3, 0.4) is 0 Å². The van der Waals surface area contributed by atoms with Gasteiger partial charge < -0.3 is 9.47 Å². The molecule has 0 aliphatic rings. The van der Waals surface area contributed by atoms with E-state index < -0.39 is 12.1 Å². The van der Waals surface area contributed by atoms with Gasteiger partial charge in [0, 0.05) is 11.8 Å². The van der Waals surface area contributed by atoms with Crippen molar-refractivity contribution in [3.8, 4) is 0 Å². The number of ether oxygens (including phenoxy) is 2. The molecule has 0 saturated heterocycles. The van der Waals surface area contributed by atoms with Crippen LogP contribution in [0.5, 0.6) is 0 Å². The average Bonchev–Trinajstić information content (AvgIpc) is 2.48. The minimum atomic E-state index is -0.663. The van der Waals surface area contributed by atoms with E-state index in [2.05, 4.69) is 5.32 Å². The number of halogens is 2. The number of carbonyl (C=O) groups is 2. The van der Waals surface area contributed by atoms with Crippen molar-refractivity contribution in [2.45, 2.75) is 26.9 Å². The molecule has 5 nitrogen and oxygen atoms in total. The molecule has 0 spiro atoms. The molecular weight excluding hydrogens is 329 g/mol. The van der Waals surface area contributed by atoms with E-state index in [0.717, 1.165) is 0 Å². The van der Waals surface area contributed by atoms with Crippen LogP contribution in [-0.2, 0) is 20.9 Å². The minimum absolute atomic E-state index is 0.0408. The monoisotopic (exact) mass is 345 g/mol. The van der Waals surface area contributed by atoms with E-state index in [4.69, 9.17) is 32.7 Å². The van der Waals surface area contributed by atoms with Gasteiger partial charge in [0.25, 0.3) is 0 Å². The van der Waals surface area contributed by atoms with Gasteiger partial charge in [0.05, 0.1) is 16.7 Å². The fraction of sp³-hybridized carbons (Fsp3) is 0.333. The Labute approximate surface area is 139 Å². The Balaban J connectivity index is 2.54. The molecule has 0 atom stereocenters. The number of rotatable bonds is 6. The maximum absolute atomic E-state index is 11.7.